The molecule has 2 heterocycles. The zero-order valence-corrected chi connectivity index (χ0v) is 22.6. The van der Waals surface area contributed by atoms with Crippen LogP contribution in [0.4, 0.5) is 11.6 Å². The van der Waals surface area contributed by atoms with Crippen molar-refractivity contribution in [3.8, 4) is 11.5 Å². The number of tetrazole rings is 1. The number of anilines is 2. The Morgan fingerprint density at radius 3 is 2.62 bits per heavy atom. The van der Waals surface area contributed by atoms with E-state index >= 15 is 0 Å². The number of aromatic nitrogens is 4. The van der Waals surface area contributed by atoms with Crippen molar-refractivity contribution in [2.45, 2.75) is 40.2 Å². The fraction of sp³-hybridized carbons (Fsp3) is 0.267. The van der Waals surface area contributed by atoms with E-state index in [0.29, 0.717) is 41.9 Å². The summed E-state index contributed by atoms with van der Waals surface area (Å²) in [4.78, 5) is 13.8. The number of carbonyl (C=O) groups is 1. The van der Waals surface area contributed by atoms with Crippen LogP contribution in [0.5, 0.6) is 11.5 Å². The second-order valence-corrected chi connectivity index (χ2v) is 9.44. The fourth-order valence-electron chi connectivity index (χ4n) is 4.70. The van der Waals surface area contributed by atoms with Gasteiger partial charge in [0.2, 0.25) is 5.95 Å². The molecule has 2 N–H and O–H groups in total. The zero-order chi connectivity index (χ0) is 27.4. The summed E-state index contributed by atoms with van der Waals surface area (Å²) in [6.07, 6.45) is 0.779. The van der Waals surface area contributed by atoms with Gasteiger partial charge in [0.05, 0.1) is 18.8 Å². The number of hydrogen-bond donors (Lipinski definition) is 2. The van der Waals surface area contributed by atoms with Crippen LogP contribution in [-0.2, 0) is 11.2 Å². The normalized spacial score (nSPS) is 14.4. The van der Waals surface area contributed by atoms with Crippen molar-refractivity contribution in [2.75, 3.05) is 23.8 Å². The van der Waals surface area contributed by atoms with E-state index in [1.165, 1.54) is 5.56 Å². The molecule has 0 radical (unpaired) electrons. The number of aryl methyl sites for hydroxylation is 1. The van der Waals surface area contributed by atoms with Gasteiger partial charge in [-0.3, -0.25) is 4.79 Å². The van der Waals surface area contributed by atoms with Crippen molar-refractivity contribution in [1.82, 2.24) is 20.2 Å². The topological polar surface area (TPSA) is 103 Å². The van der Waals surface area contributed by atoms with Crippen LogP contribution in [0.1, 0.15) is 42.1 Å². The van der Waals surface area contributed by atoms with Gasteiger partial charge in [0.15, 0.2) is 11.5 Å². The second kappa shape index (κ2) is 11.4. The van der Waals surface area contributed by atoms with Gasteiger partial charge in [-0.25, -0.2) is 0 Å². The van der Waals surface area contributed by atoms with Gasteiger partial charge < -0.3 is 20.1 Å². The highest BCUT2D eigenvalue weighted by Gasteiger charge is 2.34. The number of rotatable bonds is 9. The first-order valence-corrected chi connectivity index (χ1v) is 13.0. The van der Waals surface area contributed by atoms with Crippen molar-refractivity contribution in [3.05, 3.63) is 100 Å². The highest BCUT2D eigenvalue weighted by atomic mass is 16.5. The van der Waals surface area contributed by atoms with Crippen molar-refractivity contribution < 1.29 is 14.3 Å². The molecule has 1 unspecified atom stereocenters. The Morgan fingerprint density at radius 1 is 1.00 bits per heavy atom. The average molecular weight is 525 g/mol. The number of ether oxygens (including phenoxy) is 2. The number of amides is 1. The van der Waals surface area contributed by atoms with Crippen molar-refractivity contribution >= 4 is 17.5 Å². The minimum Gasteiger partial charge on any atom is -0.490 e. The molecule has 39 heavy (non-hydrogen) atoms. The monoisotopic (exact) mass is 524 g/mol. The predicted octanol–water partition coefficient (Wildman–Crippen LogP) is 5.24. The van der Waals surface area contributed by atoms with Crippen LogP contribution in [0.15, 0.2) is 78.0 Å². The van der Waals surface area contributed by atoms with Gasteiger partial charge >= 0.3 is 0 Å². The molecule has 0 fully saturated rings. The maximum Gasteiger partial charge on any atom is 0.255 e. The van der Waals surface area contributed by atoms with Gasteiger partial charge in [-0.1, -0.05) is 53.6 Å². The summed E-state index contributed by atoms with van der Waals surface area (Å²) in [5, 5.41) is 18.4. The van der Waals surface area contributed by atoms with Crippen LogP contribution in [-0.4, -0.2) is 39.3 Å². The number of hydrogen-bond acceptors (Lipinski definition) is 7. The summed E-state index contributed by atoms with van der Waals surface area (Å²) in [7, 11) is 0. The van der Waals surface area contributed by atoms with E-state index in [-0.39, 0.29) is 5.91 Å². The first-order chi connectivity index (χ1) is 19.0. The predicted molar refractivity (Wildman–Crippen MR) is 150 cm³/mol. The van der Waals surface area contributed by atoms with Gasteiger partial charge in [0.1, 0.15) is 6.04 Å². The van der Waals surface area contributed by atoms with Crippen molar-refractivity contribution in [1.29, 1.82) is 0 Å². The smallest absolute Gasteiger partial charge is 0.255 e. The van der Waals surface area contributed by atoms with E-state index < -0.39 is 6.04 Å². The standard InChI is InChI=1S/C30H32N6O3/c1-5-38-26-18-23(14-15-25(26)39-17-16-22-11-7-6-8-12-22)28-27(21(4)31-30-33-34-35-36(28)30)29(37)32-24-13-9-10-19(2)20(24)3/h6-15,18,28H,5,16-17H2,1-4H3,(H,32,37)(H,31,33,35). The third-order valence-electron chi connectivity index (χ3n) is 6.89. The molecule has 0 spiro atoms. The number of carbonyl (C=O) groups excluding carboxylic acids is 1. The quantitative estimate of drug-likeness (QED) is 0.309. The second-order valence-electron chi connectivity index (χ2n) is 9.44. The minimum atomic E-state index is -0.570. The third kappa shape index (κ3) is 5.47. The number of nitrogens with one attached hydrogen (secondary N) is 2. The summed E-state index contributed by atoms with van der Waals surface area (Å²) < 4.78 is 13.7. The highest BCUT2D eigenvalue weighted by molar-refractivity contribution is 6.06. The average Bonchev–Trinajstić information content (AvgIpc) is 3.40. The lowest BCUT2D eigenvalue weighted by Gasteiger charge is -2.28. The van der Waals surface area contributed by atoms with Crippen LogP contribution >= 0.6 is 0 Å². The molecule has 1 aliphatic rings. The van der Waals surface area contributed by atoms with Crippen LogP contribution in [0.2, 0.25) is 0 Å². The van der Waals surface area contributed by atoms with Gasteiger partial charge in [0, 0.05) is 17.8 Å². The summed E-state index contributed by atoms with van der Waals surface area (Å²) in [5.41, 5.74) is 6.07. The Hall–Kier alpha value is -4.66. The van der Waals surface area contributed by atoms with Gasteiger partial charge in [-0.2, -0.15) is 4.68 Å². The Balaban J connectivity index is 1.46. The van der Waals surface area contributed by atoms with Gasteiger partial charge in [-0.05, 0) is 78.6 Å². The molecule has 1 aliphatic heterocycles. The summed E-state index contributed by atoms with van der Waals surface area (Å²) in [6, 6.07) is 21.2. The summed E-state index contributed by atoms with van der Waals surface area (Å²) in [6.45, 7) is 8.77. The fourth-order valence-corrected chi connectivity index (χ4v) is 4.70. The van der Waals surface area contributed by atoms with Crippen molar-refractivity contribution in [3.63, 3.8) is 0 Å². The Labute approximate surface area is 227 Å². The number of allylic oxidation sites excluding steroid dienone is 1. The molecule has 5 rings (SSSR count). The lowest BCUT2D eigenvalue weighted by molar-refractivity contribution is -0.113. The Kier molecular flexibility index (Phi) is 7.58. The third-order valence-corrected chi connectivity index (χ3v) is 6.89. The zero-order valence-electron chi connectivity index (χ0n) is 22.6. The summed E-state index contributed by atoms with van der Waals surface area (Å²) >= 11 is 0. The molecule has 0 saturated heterocycles. The molecule has 9 nitrogen and oxygen atoms in total. The molecule has 1 amide bonds. The van der Waals surface area contributed by atoms with E-state index in [2.05, 4.69) is 38.3 Å². The molecule has 4 aromatic rings. The molecule has 0 saturated carbocycles. The molecule has 0 aliphatic carbocycles. The molecule has 0 bridgehead atoms. The summed E-state index contributed by atoms with van der Waals surface area (Å²) in [5.74, 6) is 1.47. The molecule has 9 heteroatoms. The molecule has 3 aromatic carbocycles. The van der Waals surface area contributed by atoms with E-state index in [1.807, 2.05) is 82.3 Å². The van der Waals surface area contributed by atoms with Crippen LogP contribution in [0, 0.1) is 13.8 Å². The van der Waals surface area contributed by atoms with Crippen LogP contribution < -0.4 is 20.1 Å². The molecular formula is C30H32N6O3. The highest BCUT2D eigenvalue weighted by Crippen LogP contribution is 2.39. The molecule has 1 aromatic heterocycles. The van der Waals surface area contributed by atoms with E-state index in [0.717, 1.165) is 28.8 Å². The number of benzene rings is 3. The lowest BCUT2D eigenvalue weighted by Crippen LogP contribution is -2.31. The SMILES string of the molecule is CCOc1cc(C2C(C(=O)Nc3cccc(C)c3C)=C(C)Nc3nnnn32)ccc1OCCc1ccccc1. The van der Waals surface area contributed by atoms with Gasteiger partial charge in [-0.15, -0.1) is 0 Å². The maximum atomic E-state index is 13.8. The van der Waals surface area contributed by atoms with Crippen LogP contribution in [0.25, 0.3) is 0 Å². The molecular weight excluding hydrogens is 492 g/mol. The molecule has 200 valence electrons. The lowest BCUT2D eigenvalue weighted by atomic mass is 9.94. The van der Waals surface area contributed by atoms with E-state index in [4.69, 9.17) is 9.47 Å². The van der Waals surface area contributed by atoms with Crippen molar-refractivity contribution in [2.24, 2.45) is 0 Å². The first kappa shape index (κ1) is 26.0. The first-order valence-electron chi connectivity index (χ1n) is 13.0. The van der Waals surface area contributed by atoms with E-state index in [1.54, 1.807) is 4.68 Å². The molecule has 1 atom stereocenters. The van der Waals surface area contributed by atoms with E-state index in [9.17, 15) is 4.79 Å². The Bertz CT molecular complexity index is 1510. The largest absolute Gasteiger partial charge is 0.490 e. The minimum absolute atomic E-state index is 0.235. The Morgan fingerprint density at radius 2 is 1.82 bits per heavy atom. The van der Waals surface area contributed by atoms with Crippen LogP contribution in [0.3, 0.4) is 0 Å². The van der Waals surface area contributed by atoms with Gasteiger partial charge in [0.25, 0.3) is 5.91 Å². The maximum absolute atomic E-state index is 13.8. The number of fused-ring (bicyclic) bond motifs is 1. The number of nitrogens with zero attached hydrogens (tertiary/aromatic N) is 4.